The third-order valence-corrected chi connectivity index (χ3v) is 4.01. The molecule has 2 rings (SSSR count). The van der Waals surface area contributed by atoms with Crippen molar-refractivity contribution in [3.8, 4) is 0 Å². The van der Waals surface area contributed by atoms with Gasteiger partial charge in [-0.25, -0.2) is 0 Å². The predicted molar refractivity (Wildman–Crippen MR) is 81.9 cm³/mol. The lowest BCUT2D eigenvalue weighted by atomic mass is 9.97. The zero-order chi connectivity index (χ0) is 14.5. The molecule has 0 spiro atoms. The molecule has 4 heteroatoms. The lowest BCUT2D eigenvalue weighted by Gasteiger charge is -2.33. The molecular weight excluding hydrogens is 250 g/mol. The Morgan fingerprint density at radius 1 is 1.50 bits per heavy atom. The van der Waals surface area contributed by atoms with Gasteiger partial charge in [0.05, 0.1) is 0 Å². The summed E-state index contributed by atoms with van der Waals surface area (Å²) in [4.78, 5) is 14.6. The Morgan fingerprint density at radius 3 is 3.00 bits per heavy atom. The van der Waals surface area contributed by atoms with Crippen molar-refractivity contribution in [2.45, 2.75) is 46.2 Å². The average molecular weight is 277 g/mol. The van der Waals surface area contributed by atoms with Crippen molar-refractivity contribution in [1.82, 2.24) is 14.8 Å². The molecule has 4 nitrogen and oxygen atoms in total. The SMILES string of the molecule is CCn1cccc1C(=O)N1CCCC(CNC(C)C)C1. The Labute approximate surface area is 122 Å². The molecule has 1 aromatic heterocycles. The van der Waals surface area contributed by atoms with Crippen molar-refractivity contribution in [2.24, 2.45) is 5.92 Å². The Balaban J connectivity index is 1.96. The number of carbonyl (C=O) groups is 1. The third-order valence-electron chi connectivity index (χ3n) is 4.01. The molecule has 1 aliphatic rings. The molecule has 0 aromatic carbocycles. The van der Waals surface area contributed by atoms with E-state index in [1.165, 1.54) is 6.42 Å². The molecule has 112 valence electrons. The van der Waals surface area contributed by atoms with Gasteiger partial charge in [-0.2, -0.15) is 0 Å². The van der Waals surface area contributed by atoms with E-state index < -0.39 is 0 Å². The summed E-state index contributed by atoms with van der Waals surface area (Å²) >= 11 is 0. The number of carbonyl (C=O) groups excluding carboxylic acids is 1. The smallest absolute Gasteiger partial charge is 0.270 e. The number of nitrogens with one attached hydrogen (secondary N) is 1. The zero-order valence-corrected chi connectivity index (χ0v) is 12.9. The van der Waals surface area contributed by atoms with E-state index in [0.29, 0.717) is 12.0 Å². The van der Waals surface area contributed by atoms with Gasteiger partial charge in [0.1, 0.15) is 5.69 Å². The number of likely N-dealkylation sites (tertiary alicyclic amines) is 1. The molecule has 0 aliphatic carbocycles. The highest BCUT2D eigenvalue weighted by Crippen LogP contribution is 2.18. The van der Waals surface area contributed by atoms with Gasteiger partial charge in [-0.3, -0.25) is 4.79 Å². The summed E-state index contributed by atoms with van der Waals surface area (Å²) in [5.41, 5.74) is 0.824. The van der Waals surface area contributed by atoms with Crippen LogP contribution in [0.2, 0.25) is 0 Å². The van der Waals surface area contributed by atoms with Crippen LogP contribution in [0.3, 0.4) is 0 Å². The highest BCUT2D eigenvalue weighted by atomic mass is 16.2. The number of amides is 1. The number of hydrogen-bond donors (Lipinski definition) is 1. The normalized spacial score (nSPS) is 19.6. The quantitative estimate of drug-likeness (QED) is 0.897. The number of aryl methyl sites for hydroxylation is 1. The molecule has 1 saturated heterocycles. The van der Waals surface area contributed by atoms with Gasteiger partial charge in [0, 0.05) is 31.9 Å². The second-order valence-corrected chi connectivity index (χ2v) is 6.00. The van der Waals surface area contributed by atoms with Gasteiger partial charge >= 0.3 is 0 Å². The van der Waals surface area contributed by atoms with Crippen molar-refractivity contribution in [2.75, 3.05) is 19.6 Å². The molecule has 20 heavy (non-hydrogen) atoms. The Kier molecular flexibility index (Phi) is 5.24. The largest absolute Gasteiger partial charge is 0.344 e. The monoisotopic (exact) mass is 277 g/mol. The molecule has 1 aromatic rings. The van der Waals surface area contributed by atoms with Gasteiger partial charge in [0.25, 0.3) is 5.91 Å². The number of hydrogen-bond acceptors (Lipinski definition) is 2. The maximum absolute atomic E-state index is 12.6. The number of rotatable bonds is 5. The fourth-order valence-electron chi connectivity index (χ4n) is 2.86. The molecule has 2 heterocycles. The van der Waals surface area contributed by atoms with Gasteiger partial charge in [0.2, 0.25) is 0 Å². The average Bonchev–Trinajstić information content (AvgIpc) is 2.93. The second kappa shape index (κ2) is 6.93. The fourth-order valence-corrected chi connectivity index (χ4v) is 2.86. The van der Waals surface area contributed by atoms with Crippen LogP contribution in [0.1, 0.15) is 44.1 Å². The van der Waals surface area contributed by atoms with Crippen LogP contribution in [0, 0.1) is 5.92 Å². The van der Waals surface area contributed by atoms with Crippen LogP contribution in [-0.4, -0.2) is 41.1 Å². The molecule has 1 unspecified atom stereocenters. The molecule has 1 N–H and O–H groups in total. The van der Waals surface area contributed by atoms with Crippen LogP contribution in [0.15, 0.2) is 18.3 Å². The lowest BCUT2D eigenvalue weighted by Crippen LogP contribution is -2.44. The van der Waals surface area contributed by atoms with Crippen molar-refractivity contribution in [1.29, 1.82) is 0 Å². The summed E-state index contributed by atoms with van der Waals surface area (Å²) in [7, 11) is 0. The summed E-state index contributed by atoms with van der Waals surface area (Å²) in [5, 5.41) is 3.49. The van der Waals surface area contributed by atoms with Gasteiger partial charge in [0.15, 0.2) is 0 Å². The van der Waals surface area contributed by atoms with E-state index in [9.17, 15) is 4.79 Å². The Morgan fingerprint density at radius 2 is 2.30 bits per heavy atom. The maximum Gasteiger partial charge on any atom is 0.270 e. The zero-order valence-electron chi connectivity index (χ0n) is 12.9. The van der Waals surface area contributed by atoms with Crippen molar-refractivity contribution < 1.29 is 4.79 Å². The summed E-state index contributed by atoms with van der Waals surface area (Å²) in [6.07, 6.45) is 4.32. The first-order chi connectivity index (χ1) is 9.61. The van der Waals surface area contributed by atoms with E-state index >= 15 is 0 Å². The van der Waals surface area contributed by atoms with Crippen LogP contribution in [0.4, 0.5) is 0 Å². The molecule has 0 saturated carbocycles. The van der Waals surface area contributed by atoms with E-state index in [0.717, 1.165) is 38.3 Å². The highest BCUT2D eigenvalue weighted by Gasteiger charge is 2.25. The van der Waals surface area contributed by atoms with E-state index in [1.54, 1.807) is 0 Å². The van der Waals surface area contributed by atoms with Crippen LogP contribution in [0.25, 0.3) is 0 Å². The summed E-state index contributed by atoms with van der Waals surface area (Å²) < 4.78 is 2.03. The fraction of sp³-hybridized carbons (Fsp3) is 0.688. The van der Waals surface area contributed by atoms with Gasteiger partial charge in [-0.05, 0) is 44.4 Å². The highest BCUT2D eigenvalue weighted by molar-refractivity contribution is 5.92. The molecule has 0 bridgehead atoms. The second-order valence-electron chi connectivity index (χ2n) is 6.00. The Bertz CT molecular complexity index is 439. The van der Waals surface area contributed by atoms with Crippen molar-refractivity contribution >= 4 is 5.91 Å². The maximum atomic E-state index is 12.6. The van der Waals surface area contributed by atoms with E-state index in [1.807, 2.05) is 27.8 Å². The third kappa shape index (κ3) is 3.63. The predicted octanol–water partition coefficient (Wildman–Crippen LogP) is 2.36. The number of piperidine rings is 1. The van der Waals surface area contributed by atoms with Crippen LogP contribution in [0.5, 0.6) is 0 Å². The van der Waals surface area contributed by atoms with E-state index in [4.69, 9.17) is 0 Å². The van der Waals surface area contributed by atoms with Crippen LogP contribution in [-0.2, 0) is 6.54 Å². The Hall–Kier alpha value is -1.29. The first kappa shape index (κ1) is 15.1. The van der Waals surface area contributed by atoms with Crippen molar-refractivity contribution in [3.05, 3.63) is 24.0 Å². The van der Waals surface area contributed by atoms with E-state index in [2.05, 4.69) is 26.1 Å². The van der Waals surface area contributed by atoms with Gasteiger partial charge < -0.3 is 14.8 Å². The molecular formula is C16H27N3O. The molecule has 1 atom stereocenters. The van der Waals surface area contributed by atoms with Gasteiger partial charge in [-0.15, -0.1) is 0 Å². The standard InChI is InChI=1S/C16H27N3O/c1-4-18-9-6-8-15(18)16(20)19-10-5-7-14(12-19)11-17-13(2)3/h6,8-9,13-14,17H,4-5,7,10-12H2,1-3H3. The first-order valence-corrected chi connectivity index (χ1v) is 7.79. The topological polar surface area (TPSA) is 37.3 Å². The molecule has 1 aliphatic heterocycles. The molecule has 1 amide bonds. The summed E-state index contributed by atoms with van der Waals surface area (Å²) in [6, 6.07) is 4.40. The summed E-state index contributed by atoms with van der Waals surface area (Å²) in [6.45, 7) is 10.0. The number of aromatic nitrogens is 1. The minimum Gasteiger partial charge on any atom is -0.344 e. The lowest BCUT2D eigenvalue weighted by molar-refractivity contribution is 0.0661. The molecule has 0 radical (unpaired) electrons. The number of nitrogens with zero attached hydrogens (tertiary/aromatic N) is 2. The van der Waals surface area contributed by atoms with Crippen LogP contribution < -0.4 is 5.32 Å². The first-order valence-electron chi connectivity index (χ1n) is 7.79. The van der Waals surface area contributed by atoms with E-state index in [-0.39, 0.29) is 5.91 Å². The minimum atomic E-state index is 0.186. The van der Waals surface area contributed by atoms with Crippen LogP contribution >= 0.6 is 0 Å². The van der Waals surface area contributed by atoms with Gasteiger partial charge in [-0.1, -0.05) is 13.8 Å². The minimum absolute atomic E-state index is 0.186. The molecule has 1 fully saturated rings. The van der Waals surface area contributed by atoms with Crippen molar-refractivity contribution in [3.63, 3.8) is 0 Å². The summed E-state index contributed by atoms with van der Waals surface area (Å²) in [5.74, 6) is 0.770.